The molecule has 0 spiro atoms. The van der Waals surface area contributed by atoms with Gasteiger partial charge in [0.05, 0.1) is 13.7 Å². The van der Waals surface area contributed by atoms with Crippen LogP contribution >= 0.6 is 12.2 Å². The summed E-state index contributed by atoms with van der Waals surface area (Å²) in [6.07, 6.45) is 0.959. The van der Waals surface area contributed by atoms with Gasteiger partial charge in [-0.05, 0) is 24.6 Å². The molecular formula is C11H15NO2S. The molecule has 0 aliphatic rings. The van der Waals surface area contributed by atoms with E-state index < -0.39 is 0 Å². The Morgan fingerprint density at radius 3 is 2.67 bits per heavy atom. The van der Waals surface area contributed by atoms with E-state index in [-0.39, 0.29) is 0 Å². The van der Waals surface area contributed by atoms with E-state index in [2.05, 4.69) is 6.92 Å². The Morgan fingerprint density at radius 2 is 2.13 bits per heavy atom. The van der Waals surface area contributed by atoms with Crippen LogP contribution in [0.2, 0.25) is 0 Å². The van der Waals surface area contributed by atoms with Crippen molar-refractivity contribution in [2.75, 3.05) is 13.7 Å². The van der Waals surface area contributed by atoms with Crippen molar-refractivity contribution in [1.29, 1.82) is 0 Å². The molecule has 3 nitrogen and oxygen atoms in total. The number of thiocarbonyl (C=S) groups is 1. The SMILES string of the molecule is CCCOc1ccc(C(N)=S)cc1OC. The lowest BCUT2D eigenvalue weighted by molar-refractivity contribution is 0.294. The van der Waals surface area contributed by atoms with E-state index in [0.717, 1.165) is 17.7 Å². The van der Waals surface area contributed by atoms with Gasteiger partial charge in [0.25, 0.3) is 0 Å². The van der Waals surface area contributed by atoms with Crippen LogP contribution in [0.3, 0.4) is 0 Å². The maximum Gasteiger partial charge on any atom is 0.161 e. The fraction of sp³-hybridized carbons (Fsp3) is 0.364. The highest BCUT2D eigenvalue weighted by molar-refractivity contribution is 7.80. The first kappa shape index (κ1) is 11.8. The highest BCUT2D eigenvalue weighted by Gasteiger charge is 2.06. The predicted molar refractivity (Wildman–Crippen MR) is 64.7 cm³/mol. The molecule has 0 aliphatic heterocycles. The van der Waals surface area contributed by atoms with Gasteiger partial charge in [0.15, 0.2) is 11.5 Å². The molecule has 0 amide bonds. The van der Waals surface area contributed by atoms with Gasteiger partial charge in [-0.2, -0.15) is 0 Å². The van der Waals surface area contributed by atoms with Crippen LogP contribution in [-0.2, 0) is 0 Å². The smallest absolute Gasteiger partial charge is 0.161 e. The second-order valence-corrected chi connectivity index (χ2v) is 3.52. The Kier molecular flexibility index (Phi) is 4.37. The number of hydrogen-bond acceptors (Lipinski definition) is 3. The van der Waals surface area contributed by atoms with Gasteiger partial charge in [0, 0.05) is 5.56 Å². The summed E-state index contributed by atoms with van der Waals surface area (Å²) in [6.45, 7) is 2.72. The van der Waals surface area contributed by atoms with Gasteiger partial charge >= 0.3 is 0 Å². The summed E-state index contributed by atoms with van der Waals surface area (Å²) in [5.41, 5.74) is 6.31. The molecule has 0 aliphatic carbocycles. The highest BCUT2D eigenvalue weighted by atomic mass is 32.1. The zero-order valence-corrected chi connectivity index (χ0v) is 9.76. The van der Waals surface area contributed by atoms with Gasteiger partial charge in [0.1, 0.15) is 4.99 Å². The minimum atomic E-state index is 0.357. The normalized spacial score (nSPS) is 9.73. The van der Waals surface area contributed by atoms with Crippen molar-refractivity contribution in [3.63, 3.8) is 0 Å². The number of nitrogens with two attached hydrogens (primary N) is 1. The molecule has 4 heteroatoms. The number of ether oxygens (including phenoxy) is 2. The van der Waals surface area contributed by atoms with Crippen molar-refractivity contribution in [1.82, 2.24) is 0 Å². The third-order valence-corrected chi connectivity index (χ3v) is 2.15. The van der Waals surface area contributed by atoms with E-state index in [1.807, 2.05) is 12.1 Å². The van der Waals surface area contributed by atoms with Gasteiger partial charge in [0.2, 0.25) is 0 Å². The largest absolute Gasteiger partial charge is 0.493 e. The van der Waals surface area contributed by atoms with E-state index in [9.17, 15) is 0 Å². The minimum Gasteiger partial charge on any atom is -0.493 e. The van der Waals surface area contributed by atoms with E-state index in [4.69, 9.17) is 27.4 Å². The summed E-state index contributed by atoms with van der Waals surface area (Å²) < 4.78 is 10.7. The molecule has 15 heavy (non-hydrogen) atoms. The first-order valence-electron chi connectivity index (χ1n) is 4.79. The van der Waals surface area contributed by atoms with Gasteiger partial charge in [-0.15, -0.1) is 0 Å². The predicted octanol–water partition coefficient (Wildman–Crippen LogP) is 2.12. The van der Waals surface area contributed by atoms with Crippen LogP contribution in [0.15, 0.2) is 18.2 Å². The second-order valence-electron chi connectivity index (χ2n) is 3.08. The lowest BCUT2D eigenvalue weighted by Crippen LogP contribution is -2.09. The average Bonchev–Trinajstić information content (AvgIpc) is 2.25. The standard InChI is InChI=1S/C11H15NO2S/c1-3-6-14-9-5-4-8(11(12)15)7-10(9)13-2/h4-5,7H,3,6H2,1-2H3,(H2,12,15). The Bertz CT molecular complexity index is 352. The van der Waals surface area contributed by atoms with E-state index in [1.165, 1.54) is 0 Å². The summed E-state index contributed by atoms with van der Waals surface area (Å²) in [7, 11) is 1.59. The van der Waals surface area contributed by atoms with Crippen molar-refractivity contribution in [3.05, 3.63) is 23.8 Å². The maximum absolute atomic E-state index is 5.52. The molecule has 1 aromatic carbocycles. The topological polar surface area (TPSA) is 44.5 Å². The number of hydrogen-bond donors (Lipinski definition) is 1. The highest BCUT2D eigenvalue weighted by Crippen LogP contribution is 2.28. The molecule has 0 atom stereocenters. The van der Waals surface area contributed by atoms with Crippen molar-refractivity contribution in [2.24, 2.45) is 5.73 Å². The molecule has 82 valence electrons. The van der Waals surface area contributed by atoms with E-state index in [1.54, 1.807) is 13.2 Å². The lowest BCUT2D eigenvalue weighted by Gasteiger charge is -2.10. The molecule has 0 saturated heterocycles. The second kappa shape index (κ2) is 5.56. The fourth-order valence-corrected chi connectivity index (χ4v) is 1.28. The number of benzene rings is 1. The summed E-state index contributed by atoms with van der Waals surface area (Å²) in [5, 5.41) is 0. The van der Waals surface area contributed by atoms with Gasteiger partial charge < -0.3 is 15.2 Å². The zero-order valence-electron chi connectivity index (χ0n) is 8.95. The van der Waals surface area contributed by atoms with Crippen molar-refractivity contribution < 1.29 is 9.47 Å². The molecule has 0 radical (unpaired) electrons. The van der Waals surface area contributed by atoms with Crippen LogP contribution in [0.25, 0.3) is 0 Å². The summed E-state index contributed by atoms with van der Waals surface area (Å²) in [6, 6.07) is 5.44. The van der Waals surface area contributed by atoms with Crippen molar-refractivity contribution in [2.45, 2.75) is 13.3 Å². The van der Waals surface area contributed by atoms with Gasteiger partial charge in [-0.3, -0.25) is 0 Å². The van der Waals surface area contributed by atoms with Crippen LogP contribution in [0.1, 0.15) is 18.9 Å². The molecule has 0 heterocycles. The first-order valence-corrected chi connectivity index (χ1v) is 5.20. The molecule has 0 bridgehead atoms. The Labute approximate surface area is 95.2 Å². The number of rotatable bonds is 5. The molecule has 0 fully saturated rings. The van der Waals surface area contributed by atoms with Crippen LogP contribution in [-0.4, -0.2) is 18.7 Å². The molecule has 1 aromatic rings. The van der Waals surface area contributed by atoms with Gasteiger partial charge in [-0.1, -0.05) is 19.1 Å². The number of methoxy groups -OCH3 is 1. The Morgan fingerprint density at radius 1 is 1.40 bits per heavy atom. The summed E-state index contributed by atoms with van der Waals surface area (Å²) in [5.74, 6) is 1.38. The van der Waals surface area contributed by atoms with Crippen LogP contribution in [0.5, 0.6) is 11.5 Å². The molecule has 0 unspecified atom stereocenters. The maximum atomic E-state index is 5.52. The Hall–Kier alpha value is -1.29. The Balaban J connectivity index is 2.93. The molecule has 0 saturated carbocycles. The van der Waals surface area contributed by atoms with Gasteiger partial charge in [-0.25, -0.2) is 0 Å². The minimum absolute atomic E-state index is 0.357. The van der Waals surface area contributed by atoms with Crippen LogP contribution in [0, 0.1) is 0 Å². The monoisotopic (exact) mass is 225 g/mol. The summed E-state index contributed by atoms with van der Waals surface area (Å²) in [4.78, 5) is 0.357. The van der Waals surface area contributed by atoms with Crippen molar-refractivity contribution >= 4 is 17.2 Å². The first-order chi connectivity index (χ1) is 7.19. The molecule has 1 rings (SSSR count). The average molecular weight is 225 g/mol. The molecule has 2 N–H and O–H groups in total. The fourth-order valence-electron chi connectivity index (χ4n) is 1.15. The summed E-state index contributed by atoms with van der Waals surface area (Å²) >= 11 is 4.88. The third-order valence-electron chi connectivity index (χ3n) is 1.91. The van der Waals surface area contributed by atoms with E-state index >= 15 is 0 Å². The van der Waals surface area contributed by atoms with Crippen molar-refractivity contribution in [3.8, 4) is 11.5 Å². The van der Waals surface area contributed by atoms with Crippen LogP contribution in [0.4, 0.5) is 0 Å². The van der Waals surface area contributed by atoms with Crippen LogP contribution < -0.4 is 15.2 Å². The third kappa shape index (κ3) is 3.09. The zero-order chi connectivity index (χ0) is 11.3. The quantitative estimate of drug-likeness (QED) is 0.780. The molecular weight excluding hydrogens is 210 g/mol. The lowest BCUT2D eigenvalue weighted by atomic mass is 10.2. The molecule has 0 aromatic heterocycles. The van der Waals surface area contributed by atoms with E-state index in [0.29, 0.717) is 17.3 Å².